The van der Waals surface area contributed by atoms with Gasteiger partial charge in [0.15, 0.2) is 0 Å². The molecule has 2 rings (SSSR count). The standard InChI is InChI=1S/C15H23N2.Y/c1-15(2,3)17-11-9-16(10-12-17)13-14-7-5-4-6-8-14;/h4-7H,9-13H2,1-3H3;/q-1;. The molecule has 0 spiro atoms. The van der Waals surface area contributed by atoms with Crippen molar-refractivity contribution in [2.24, 2.45) is 0 Å². The van der Waals surface area contributed by atoms with Gasteiger partial charge in [-0.05, 0) is 20.8 Å². The van der Waals surface area contributed by atoms with Gasteiger partial charge < -0.3 is 0 Å². The summed E-state index contributed by atoms with van der Waals surface area (Å²) in [5.41, 5.74) is 1.61. The fourth-order valence-electron chi connectivity index (χ4n) is 2.35. The molecule has 18 heavy (non-hydrogen) atoms. The maximum Gasteiger partial charge on any atom is 0.0126 e. The van der Waals surface area contributed by atoms with Crippen molar-refractivity contribution in [1.29, 1.82) is 0 Å². The van der Waals surface area contributed by atoms with E-state index in [1.807, 2.05) is 12.1 Å². The average molecular weight is 320 g/mol. The van der Waals surface area contributed by atoms with E-state index in [-0.39, 0.29) is 32.7 Å². The van der Waals surface area contributed by atoms with Crippen LogP contribution in [-0.4, -0.2) is 41.5 Å². The topological polar surface area (TPSA) is 6.48 Å². The molecular formula is C15H23N2Y-. The Morgan fingerprint density at radius 1 is 1.11 bits per heavy atom. The van der Waals surface area contributed by atoms with Gasteiger partial charge in [-0.25, -0.2) is 0 Å². The van der Waals surface area contributed by atoms with Crippen LogP contribution in [0.25, 0.3) is 0 Å². The molecule has 0 unspecified atom stereocenters. The Bertz CT molecular complexity index is 337. The summed E-state index contributed by atoms with van der Waals surface area (Å²) >= 11 is 0. The molecule has 1 radical (unpaired) electrons. The van der Waals surface area contributed by atoms with Crippen molar-refractivity contribution in [3.05, 3.63) is 35.9 Å². The van der Waals surface area contributed by atoms with E-state index in [9.17, 15) is 0 Å². The minimum atomic E-state index is 0. The predicted octanol–water partition coefficient (Wildman–Crippen LogP) is 2.40. The van der Waals surface area contributed by atoms with Gasteiger partial charge >= 0.3 is 0 Å². The van der Waals surface area contributed by atoms with Gasteiger partial charge in [0.25, 0.3) is 0 Å². The van der Waals surface area contributed by atoms with E-state index in [1.54, 1.807) is 0 Å². The van der Waals surface area contributed by atoms with E-state index < -0.39 is 0 Å². The molecule has 1 aliphatic rings. The molecule has 1 fully saturated rings. The van der Waals surface area contributed by atoms with E-state index in [2.05, 4.69) is 48.8 Å². The molecule has 0 bridgehead atoms. The smallest absolute Gasteiger partial charge is 0.0126 e. The summed E-state index contributed by atoms with van der Waals surface area (Å²) in [6.07, 6.45) is 0. The first-order chi connectivity index (χ1) is 8.05. The fourth-order valence-corrected chi connectivity index (χ4v) is 2.35. The number of nitrogens with zero attached hydrogens (tertiary/aromatic N) is 2. The number of hydrogen-bond acceptors (Lipinski definition) is 2. The van der Waals surface area contributed by atoms with Crippen LogP contribution < -0.4 is 0 Å². The summed E-state index contributed by atoms with van der Waals surface area (Å²) in [7, 11) is 0. The van der Waals surface area contributed by atoms with Crippen molar-refractivity contribution in [2.75, 3.05) is 26.2 Å². The van der Waals surface area contributed by atoms with Gasteiger partial charge in [0, 0.05) is 71.0 Å². The molecular weight excluding hydrogens is 297 g/mol. The molecule has 0 aromatic heterocycles. The number of piperazine rings is 1. The largest absolute Gasteiger partial charge is 0.299 e. The molecule has 1 saturated heterocycles. The Labute approximate surface area is 137 Å². The molecule has 1 aliphatic heterocycles. The van der Waals surface area contributed by atoms with Gasteiger partial charge in [-0.3, -0.25) is 9.80 Å². The van der Waals surface area contributed by atoms with E-state index in [4.69, 9.17) is 0 Å². The summed E-state index contributed by atoms with van der Waals surface area (Å²) in [6, 6.07) is 11.6. The fraction of sp³-hybridized carbons (Fsp3) is 0.600. The van der Waals surface area contributed by atoms with Crippen molar-refractivity contribution >= 4 is 0 Å². The van der Waals surface area contributed by atoms with Crippen molar-refractivity contribution in [3.63, 3.8) is 0 Å². The van der Waals surface area contributed by atoms with Crippen LogP contribution in [0.5, 0.6) is 0 Å². The van der Waals surface area contributed by atoms with Gasteiger partial charge in [0.2, 0.25) is 0 Å². The average Bonchev–Trinajstić information content (AvgIpc) is 2.30. The van der Waals surface area contributed by atoms with Crippen LogP contribution in [0.2, 0.25) is 0 Å². The maximum absolute atomic E-state index is 3.30. The van der Waals surface area contributed by atoms with E-state index >= 15 is 0 Å². The molecule has 1 heterocycles. The van der Waals surface area contributed by atoms with Gasteiger partial charge in [0.05, 0.1) is 0 Å². The molecule has 2 nitrogen and oxygen atoms in total. The zero-order valence-corrected chi connectivity index (χ0v) is 14.7. The first kappa shape index (κ1) is 16.3. The number of hydrogen-bond donors (Lipinski definition) is 0. The van der Waals surface area contributed by atoms with Gasteiger partial charge in [-0.15, -0.1) is 5.56 Å². The zero-order chi connectivity index (χ0) is 12.3. The second-order valence-electron chi connectivity index (χ2n) is 5.82. The van der Waals surface area contributed by atoms with Crippen LogP contribution in [0.15, 0.2) is 24.3 Å². The van der Waals surface area contributed by atoms with Crippen LogP contribution in [0.4, 0.5) is 0 Å². The molecule has 97 valence electrons. The minimum absolute atomic E-state index is 0. The van der Waals surface area contributed by atoms with Crippen molar-refractivity contribution in [3.8, 4) is 0 Å². The number of rotatable bonds is 2. The van der Waals surface area contributed by atoms with Crippen LogP contribution >= 0.6 is 0 Å². The summed E-state index contributed by atoms with van der Waals surface area (Å²) in [6.45, 7) is 12.6. The summed E-state index contributed by atoms with van der Waals surface area (Å²) in [5, 5.41) is 0. The van der Waals surface area contributed by atoms with Gasteiger partial charge in [0.1, 0.15) is 0 Å². The zero-order valence-electron chi connectivity index (χ0n) is 11.8. The Kier molecular flexibility index (Phi) is 6.47. The molecule has 0 aliphatic carbocycles. The minimum Gasteiger partial charge on any atom is -0.299 e. The molecule has 3 heteroatoms. The van der Waals surface area contributed by atoms with Crippen molar-refractivity contribution in [1.82, 2.24) is 9.80 Å². The third kappa shape index (κ3) is 4.73. The second-order valence-corrected chi connectivity index (χ2v) is 5.82. The molecule has 1 aromatic rings. The molecule has 0 atom stereocenters. The van der Waals surface area contributed by atoms with Crippen molar-refractivity contribution < 1.29 is 32.7 Å². The molecule has 0 N–H and O–H groups in total. The maximum atomic E-state index is 3.30. The monoisotopic (exact) mass is 320 g/mol. The third-order valence-electron chi connectivity index (χ3n) is 3.49. The Balaban J connectivity index is 0.00000162. The van der Waals surface area contributed by atoms with E-state index in [1.165, 1.54) is 31.7 Å². The molecule has 0 amide bonds. The van der Waals surface area contributed by atoms with E-state index in [0.29, 0.717) is 5.54 Å². The van der Waals surface area contributed by atoms with Gasteiger partial charge in [-0.2, -0.15) is 30.3 Å². The Morgan fingerprint density at radius 2 is 1.78 bits per heavy atom. The SMILES string of the molecule is CC(C)(C)N1CCN(Cc2[c-]cccc2)CC1.[Y]. The Morgan fingerprint density at radius 3 is 2.28 bits per heavy atom. The van der Waals surface area contributed by atoms with Crippen LogP contribution in [0.1, 0.15) is 26.3 Å². The summed E-state index contributed by atoms with van der Waals surface area (Å²) in [5.74, 6) is 0. The van der Waals surface area contributed by atoms with Crippen LogP contribution in [0.3, 0.4) is 0 Å². The van der Waals surface area contributed by atoms with Crippen LogP contribution in [-0.2, 0) is 39.3 Å². The normalized spacial score (nSPS) is 18.4. The van der Waals surface area contributed by atoms with Crippen molar-refractivity contribution in [2.45, 2.75) is 32.9 Å². The third-order valence-corrected chi connectivity index (χ3v) is 3.49. The first-order valence-electron chi connectivity index (χ1n) is 6.49. The second kappa shape index (κ2) is 7.14. The summed E-state index contributed by atoms with van der Waals surface area (Å²) < 4.78 is 0. The molecule has 1 aromatic carbocycles. The quantitative estimate of drug-likeness (QED) is 0.772. The Hall–Kier alpha value is 0.244. The molecule has 0 saturated carbocycles. The van der Waals surface area contributed by atoms with Gasteiger partial charge in [-0.1, -0.05) is 0 Å². The number of benzene rings is 1. The predicted molar refractivity (Wildman–Crippen MR) is 71.9 cm³/mol. The summed E-state index contributed by atoms with van der Waals surface area (Å²) in [4.78, 5) is 5.09. The van der Waals surface area contributed by atoms with Crippen LogP contribution in [0, 0.1) is 6.07 Å². The first-order valence-corrected chi connectivity index (χ1v) is 6.49. The van der Waals surface area contributed by atoms with E-state index in [0.717, 1.165) is 6.54 Å².